The molecule has 0 aliphatic rings. The lowest BCUT2D eigenvalue weighted by atomic mass is 10.0. The van der Waals surface area contributed by atoms with E-state index in [9.17, 15) is 9.59 Å². The predicted octanol–water partition coefficient (Wildman–Crippen LogP) is 4.36. The van der Waals surface area contributed by atoms with Crippen molar-refractivity contribution < 1.29 is 14.3 Å². The summed E-state index contributed by atoms with van der Waals surface area (Å²) in [5, 5.41) is 5.56. The maximum atomic E-state index is 12.2. The zero-order valence-electron chi connectivity index (χ0n) is 17.2. The first kappa shape index (κ1) is 21.1. The summed E-state index contributed by atoms with van der Waals surface area (Å²) in [6.45, 7) is 4.30. The quantitative estimate of drug-likeness (QED) is 0.588. The lowest BCUT2D eigenvalue weighted by Crippen LogP contribution is -2.38. The van der Waals surface area contributed by atoms with Gasteiger partial charge in [0.1, 0.15) is 5.75 Å². The van der Waals surface area contributed by atoms with E-state index in [-0.39, 0.29) is 24.4 Å². The van der Waals surface area contributed by atoms with Crippen LogP contribution in [0.3, 0.4) is 0 Å². The van der Waals surface area contributed by atoms with Gasteiger partial charge in [0.2, 0.25) is 5.91 Å². The third kappa shape index (κ3) is 5.70. The number of ether oxygens (including phenoxy) is 1. The Labute approximate surface area is 177 Å². The van der Waals surface area contributed by atoms with Crippen LogP contribution in [0.1, 0.15) is 35.8 Å². The maximum Gasteiger partial charge on any atom is 0.251 e. The van der Waals surface area contributed by atoms with Gasteiger partial charge in [0.25, 0.3) is 5.91 Å². The van der Waals surface area contributed by atoms with Gasteiger partial charge in [-0.2, -0.15) is 0 Å². The van der Waals surface area contributed by atoms with Crippen molar-refractivity contribution >= 4 is 11.8 Å². The van der Waals surface area contributed by atoms with Crippen LogP contribution in [0.5, 0.6) is 5.75 Å². The van der Waals surface area contributed by atoms with Crippen LogP contribution in [0.4, 0.5) is 0 Å². The highest BCUT2D eigenvalue weighted by Gasteiger charge is 2.12. The fourth-order valence-electron chi connectivity index (χ4n) is 3.10. The van der Waals surface area contributed by atoms with Crippen LogP contribution in [0.25, 0.3) is 11.1 Å². The molecule has 3 aromatic carbocycles. The van der Waals surface area contributed by atoms with E-state index in [4.69, 9.17) is 4.74 Å². The van der Waals surface area contributed by atoms with Gasteiger partial charge in [0.05, 0.1) is 19.2 Å². The van der Waals surface area contributed by atoms with Crippen molar-refractivity contribution in [1.29, 1.82) is 0 Å². The topological polar surface area (TPSA) is 67.4 Å². The molecule has 0 saturated heterocycles. The summed E-state index contributed by atoms with van der Waals surface area (Å²) in [5.41, 5.74) is 3.76. The van der Waals surface area contributed by atoms with E-state index in [2.05, 4.69) is 22.8 Å². The smallest absolute Gasteiger partial charge is 0.251 e. The van der Waals surface area contributed by atoms with Gasteiger partial charge in [0, 0.05) is 5.56 Å². The molecule has 0 aliphatic heterocycles. The van der Waals surface area contributed by atoms with E-state index in [1.54, 1.807) is 24.3 Å². The molecule has 0 radical (unpaired) electrons. The Morgan fingerprint density at radius 2 is 1.50 bits per heavy atom. The Morgan fingerprint density at radius 1 is 0.867 bits per heavy atom. The molecule has 0 heterocycles. The molecule has 0 saturated carbocycles. The third-order valence-electron chi connectivity index (χ3n) is 4.73. The van der Waals surface area contributed by atoms with Crippen LogP contribution in [0.15, 0.2) is 78.9 Å². The van der Waals surface area contributed by atoms with Crippen molar-refractivity contribution in [3.63, 3.8) is 0 Å². The largest absolute Gasteiger partial charge is 0.494 e. The summed E-state index contributed by atoms with van der Waals surface area (Å²) in [6.07, 6.45) is 0. The van der Waals surface area contributed by atoms with E-state index >= 15 is 0 Å². The molecule has 0 spiro atoms. The number of carbonyl (C=O) groups excluding carboxylic acids is 2. The lowest BCUT2D eigenvalue weighted by Gasteiger charge is -2.15. The number of amides is 2. The Kier molecular flexibility index (Phi) is 7.22. The molecular formula is C25H26N2O3. The zero-order valence-corrected chi connectivity index (χ0v) is 17.2. The van der Waals surface area contributed by atoms with Gasteiger partial charge in [0.15, 0.2) is 0 Å². The zero-order chi connectivity index (χ0) is 21.3. The van der Waals surface area contributed by atoms with Crippen molar-refractivity contribution in [2.75, 3.05) is 13.2 Å². The van der Waals surface area contributed by atoms with Gasteiger partial charge in [-0.1, -0.05) is 54.6 Å². The predicted molar refractivity (Wildman–Crippen MR) is 118 cm³/mol. The lowest BCUT2D eigenvalue weighted by molar-refractivity contribution is -0.120. The second-order valence-electron chi connectivity index (χ2n) is 6.92. The van der Waals surface area contributed by atoms with Crippen LogP contribution in [0.2, 0.25) is 0 Å². The van der Waals surface area contributed by atoms with Crippen LogP contribution in [-0.2, 0) is 4.79 Å². The summed E-state index contributed by atoms with van der Waals surface area (Å²) in [4.78, 5) is 24.5. The number of rotatable bonds is 8. The average Bonchev–Trinajstić information content (AvgIpc) is 2.79. The molecule has 0 aromatic heterocycles. The first-order valence-electron chi connectivity index (χ1n) is 10.0. The average molecular weight is 402 g/mol. The van der Waals surface area contributed by atoms with Crippen LogP contribution >= 0.6 is 0 Å². The molecule has 1 atom stereocenters. The van der Waals surface area contributed by atoms with Crippen LogP contribution in [-0.4, -0.2) is 25.0 Å². The van der Waals surface area contributed by atoms with Crippen molar-refractivity contribution in [3.05, 3.63) is 90.0 Å². The van der Waals surface area contributed by atoms with Gasteiger partial charge >= 0.3 is 0 Å². The molecule has 30 heavy (non-hydrogen) atoms. The molecule has 1 unspecified atom stereocenters. The van der Waals surface area contributed by atoms with Gasteiger partial charge in [-0.25, -0.2) is 0 Å². The van der Waals surface area contributed by atoms with Gasteiger partial charge in [-0.05, 0) is 54.8 Å². The van der Waals surface area contributed by atoms with E-state index in [0.29, 0.717) is 17.9 Å². The Bertz CT molecular complexity index is 968. The molecule has 0 aliphatic carbocycles. The number of hydrogen-bond donors (Lipinski definition) is 2. The van der Waals surface area contributed by atoms with Crippen LogP contribution in [0, 0.1) is 0 Å². The SMILES string of the molecule is CCOc1ccc(C(=O)NCC(=O)NC(C)c2ccc(-c3ccccc3)cc2)cc1. The number of hydrogen-bond acceptors (Lipinski definition) is 3. The molecule has 2 N–H and O–H groups in total. The fraction of sp³-hybridized carbons (Fsp3) is 0.200. The minimum absolute atomic E-state index is 0.0848. The molecule has 3 aromatic rings. The second kappa shape index (κ2) is 10.3. The fourth-order valence-corrected chi connectivity index (χ4v) is 3.10. The first-order chi connectivity index (χ1) is 14.6. The number of benzene rings is 3. The minimum atomic E-state index is -0.298. The summed E-state index contributed by atoms with van der Waals surface area (Å²) in [7, 11) is 0. The van der Waals surface area contributed by atoms with E-state index in [1.807, 2.05) is 56.3 Å². The van der Waals surface area contributed by atoms with Gasteiger partial charge in [-0.3, -0.25) is 9.59 Å². The minimum Gasteiger partial charge on any atom is -0.494 e. The Hall–Kier alpha value is -3.60. The number of nitrogens with one attached hydrogen (secondary N) is 2. The van der Waals surface area contributed by atoms with E-state index < -0.39 is 0 Å². The van der Waals surface area contributed by atoms with Crippen molar-refractivity contribution in [1.82, 2.24) is 10.6 Å². The molecule has 2 amide bonds. The monoisotopic (exact) mass is 402 g/mol. The van der Waals surface area contributed by atoms with Gasteiger partial charge < -0.3 is 15.4 Å². The summed E-state index contributed by atoms with van der Waals surface area (Å²) < 4.78 is 5.36. The van der Waals surface area contributed by atoms with E-state index in [1.165, 1.54) is 0 Å². The second-order valence-corrected chi connectivity index (χ2v) is 6.92. The maximum absolute atomic E-state index is 12.2. The van der Waals surface area contributed by atoms with Crippen molar-refractivity contribution in [3.8, 4) is 16.9 Å². The molecule has 154 valence electrons. The molecule has 0 bridgehead atoms. The molecular weight excluding hydrogens is 376 g/mol. The molecule has 3 rings (SSSR count). The summed E-state index contributed by atoms with van der Waals surface area (Å²) in [5.74, 6) is 0.167. The summed E-state index contributed by atoms with van der Waals surface area (Å²) >= 11 is 0. The highest BCUT2D eigenvalue weighted by molar-refractivity contribution is 5.96. The normalized spacial score (nSPS) is 11.4. The van der Waals surface area contributed by atoms with E-state index in [0.717, 1.165) is 16.7 Å². The summed E-state index contributed by atoms with van der Waals surface area (Å²) in [6, 6.07) is 24.9. The van der Waals surface area contributed by atoms with Crippen molar-refractivity contribution in [2.24, 2.45) is 0 Å². The molecule has 0 fully saturated rings. The standard InChI is InChI=1S/C25H26N2O3/c1-3-30-23-15-13-22(14-16-23)25(29)26-17-24(28)27-18(2)19-9-11-21(12-10-19)20-7-5-4-6-8-20/h4-16,18H,3,17H2,1-2H3,(H,26,29)(H,27,28). The Balaban J connectivity index is 1.50. The highest BCUT2D eigenvalue weighted by atomic mass is 16.5. The number of carbonyl (C=O) groups is 2. The molecule has 5 heteroatoms. The van der Waals surface area contributed by atoms with Crippen LogP contribution < -0.4 is 15.4 Å². The first-order valence-corrected chi connectivity index (χ1v) is 10.0. The third-order valence-corrected chi connectivity index (χ3v) is 4.73. The van der Waals surface area contributed by atoms with Crippen molar-refractivity contribution in [2.45, 2.75) is 19.9 Å². The highest BCUT2D eigenvalue weighted by Crippen LogP contribution is 2.21. The van der Waals surface area contributed by atoms with Gasteiger partial charge in [-0.15, -0.1) is 0 Å². The Morgan fingerprint density at radius 3 is 2.13 bits per heavy atom. The molecule has 5 nitrogen and oxygen atoms in total.